The van der Waals surface area contributed by atoms with Crippen LogP contribution in [0.1, 0.15) is 50.9 Å². The van der Waals surface area contributed by atoms with Gasteiger partial charge in [-0.1, -0.05) is 13.0 Å². The van der Waals surface area contributed by atoms with Crippen LogP contribution in [0.4, 0.5) is 5.00 Å². The van der Waals surface area contributed by atoms with Crippen molar-refractivity contribution in [2.45, 2.75) is 32.6 Å². The molecule has 1 aliphatic rings. The average molecular weight is 344 g/mol. The van der Waals surface area contributed by atoms with E-state index < -0.39 is 5.91 Å². The van der Waals surface area contributed by atoms with Gasteiger partial charge in [0.2, 0.25) is 0 Å². The van der Waals surface area contributed by atoms with Gasteiger partial charge in [-0.3, -0.25) is 9.59 Å². The van der Waals surface area contributed by atoms with Gasteiger partial charge >= 0.3 is 0 Å². The number of carbonyl (C=O) groups excluding carboxylic acids is 2. The van der Waals surface area contributed by atoms with E-state index in [1.54, 1.807) is 18.2 Å². The largest absolute Gasteiger partial charge is 0.494 e. The van der Waals surface area contributed by atoms with Gasteiger partial charge in [0, 0.05) is 10.4 Å². The van der Waals surface area contributed by atoms with Crippen LogP contribution in [0.2, 0.25) is 0 Å². The quantitative estimate of drug-likeness (QED) is 0.843. The number of anilines is 1. The molecule has 1 aliphatic carbocycles. The molecule has 1 aromatic heterocycles. The molecular weight excluding hydrogens is 324 g/mol. The summed E-state index contributed by atoms with van der Waals surface area (Å²) in [7, 11) is 0. The summed E-state index contributed by atoms with van der Waals surface area (Å²) < 4.78 is 5.56. The first kappa shape index (κ1) is 16.5. The van der Waals surface area contributed by atoms with E-state index in [4.69, 9.17) is 10.5 Å². The number of fused-ring (bicyclic) bond motifs is 1. The number of benzene rings is 1. The Morgan fingerprint density at radius 3 is 2.92 bits per heavy atom. The Morgan fingerprint density at radius 2 is 2.17 bits per heavy atom. The maximum absolute atomic E-state index is 12.5. The Labute approximate surface area is 144 Å². The van der Waals surface area contributed by atoms with Crippen LogP contribution < -0.4 is 15.8 Å². The number of amides is 2. The molecule has 24 heavy (non-hydrogen) atoms. The number of aryl methyl sites for hydroxylation is 1. The first-order valence-corrected chi connectivity index (χ1v) is 8.90. The molecule has 0 radical (unpaired) electrons. The highest BCUT2D eigenvalue weighted by Crippen LogP contribution is 2.39. The number of ether oxygens (including phenoxy) is 1. The molecule has 1 heterocycles. The minimum Gasteiger partial charge on any atom is -0.494 e. The molecule has 0 aliphatic heterocycles. The number of carbonyl (C=O) groups is 2. The van der Waals surface area contributed by atoms with Crippen molar-refractivity contribution >= 4 is 28.2 Å². The predicted octanol–water partition coefficient (Wildman–Crippen LogP) is 3.38. The second-order valence-corrected chi connectivity index (χ2v) is 6.86. The molecule has 2 aromatic rings. The molecule has 2 amide bonds. The van der Waals surface area contributed by atoms with Gasteiger partial charge in [-0.15, -0.1) is 11.3 Å². The number of rotatable bonds is 6. The molecule has 6 heteroatoms. The van der Waals surface area contributed by atoms with Crippen LogP contribution in [-0.4, -0.2) is 18.4 Å². The molecule has 0 spiro atoms. The first-order chi connectivity index (χ1) is 11.6. The fourth-order valence-electron chi connectivity index (χ4n) is 2.88. The second kappa shape index (κ2) is 7.05. The summed E-state index contributed by atoms with van der Waals surface area (Å²) in [5.41, 5.74) is 7.49. The molecule has 3 N–H and O–H groups in total. The van der Waals surface area contributed by atoms with Gasteiger partial charge in [-0.2, -0.15) is 0 Å². The van der Waals surface area contributed by atoms with E-state index in [9.17, 15) is 9.59 Å². The SMILES string of the molecule is CCCOc1cccc(C(=O)Nc2sc3c(c2C(N)=O)CCC3)c1. The third kappa shape index (κ3) is 3.28. The van der Waals surface area contributed by atoms with Gasteiger partial charge < -0.3 is 15.8 Å². The van der Waals surface area contributed by atoms with Crippen LogP contribution in [0.5, 0.6) is 5.75 Å². The van der Waals surface area contributed by atoms with Gasteiger partial charge in [0.25, 0.3) is 11.8 Å². The highest BCUT2D eigenvalue weighted by atomic mass is 32.1. The van der Waals surface area contributed by atoms with E-state index in [1.165, 1.54) is 11.3 Å². The topological polar surface area (TPSA) is 81.4 Å². The lowest BCUT2D eigenvalue weighted by Gasteiger charge is -2.08. The maximum Gasteiger partial charge on any atom is 0.256 e. The summed E-state index contributed by atoms with van der Waals surface area (Å²) in [5, 5.41) is 3.40. The second-order valence-electron chi connectivity index (χ2n) is 5.76. The molecule has 3 rings (SSSR count). The van der Waals surface area contributed by atoms with Crippen LogP contribution >= 0.6 is 11.3 Å². The summed E-state index contributed by atoms with van der Waals surface area (Å²) >= 11 is 1.45. The Hall–Kier alpha value is -2.34. The Balaban J connectivity index is 1.82. The number of thiophene rings is 1. The van der Waals surface area contributed by atoms with Crippen molar-refractivity contribution in [1.29, 1.82) is 0 Å². The van der Waals surface area contributed by atoms with Crippen LogP contribution in [0, 0.1) is 0 Å². The molecule has 0 unspecified atom stereocenters. The third-order valence-corrected chi connectivity index (χ3v) is 5.17. The number of hydrogen-bond acceptors (Lipinski definition) is 4. The lowest BCUT2D eigenvalue weighted by molar-refractivity contribution is 0.100. The minimum absolute atomic E-state index is 0.264. The van der Waals surface area contributed by atoms with Crippen molar-refractivity contribution in [2.75, 3.05) is 11.9 Å². The van der Waals surface area contributed by atoms with Crippen molar-refractivity contribution < 1.29 is 14.3 Å². The smallest absolute Gasteiger partial charge is 0.256 e. The lowest BCUT2D eigenvalue weighted by Crippen LogP contribution is -2.17. The summed E-state index contributed by atoms with van der Waals surface area (Å²) in [6.07, 6.45) is 3.72. The Kier molecular flexibility index (Phi) is 4.85. The van der Waals surface area contributed by atoms with Crippen molar-refractivity contribution in [1.82, 2.24) is 0 Å². The van der Waals surface area contributed by atoms with Gasteiger partial charge in [-0.05, 0) is 49.4 Å². The summed E-state index contributed by atoms with van der Waals surface area (Å²) in [5.74, 6) is -0.0857. The molecule has 0 saturated carbocycles. The third-order valence-electron chi connectivity index (χ3n) is 3.96. The number of nitrogens with two attached hydrogens (primary N) is 1. The minimum atomic E-state index is -0.482. The molecule has 126 valence electrons. The number of hydrogen-bond donors (Lipinski definition) is 2. The fourth-order valence-corrected chi connectivity index (χ4v) is 4.17. The maximum atomic E-state index is 12.5. The van der Waals surface area contributed by atoms with Crippen molar-refractivity contribution in [3.63, 3.8) is 0 Å². The van der Waals surface area contributed by atoms with E-state index in [2.05, 4.69) is 5.32 Å². The van der Waals surface area contributed by atoms with Gasteiger partial charge in [0.1, 0.15) is 10.8 Å². The lowest BCUT2D eigenvalue weighted by atomic mass is 10.1. The summed E-state index contributed by atoms with van der Waals surface area (Å²) in [6, 6.07) is 7.03. The normalized spacial score (nSPS) is 12.7. The number of primary amides is 1. The number of nitrogens with one attached hydrogen (secondary N) is 1. The Bertz CT molecular complexity index is 783. The Morgan fingerprint density at radius 1 is 1.33 bits per heavy atom. The van der Waals surface area contributed by atoms with Gasteiger partial charge in [-0.25, -0.2) is 0 Å². The zero-order chi connectivity index (χ0) is 17.1. The van der Waals surface area contributed by atoms with E-state index >= 15 is 0 Å². The highest BCUT2D eigenvalue weighted by Gasteiger charge is 2.26. The zero-order valence-corrected chi connectivity index (χ0v) is 14.4. The van der Waals surface area contributed by atoms with Crippen LogP contribution in [0.15, 0.2) is 24.3 Å². The molecule has 0 atom stereocenters. The van der Waals surface area contributed by atoms with E-state index in [0.29, 0.717) is 28.5 Å². The fraction of sp³-hybridized carbons (Fsp3) is 0.333. The summed E-state index contributed by atoms with van der Waals surface area (Å²) in [4.78, 5) is 25.5. The van der Waals surface area contributed by atoms with Crippen molar-refractivity contribution in [3.05, 3.63) is 45.8 Å². The standard InChI is InChI=1S/C18H20N2O3S/c1-2-9-23-12-6-3-5-11(10-12)17(22)20-18-15(16(19)21)13-7-4-8-14(13)24-18/h3,5-6,10H,2,4,7-9H2,1H3,(H2,19,21)(H,20,22). The highest BCUT2D eigenvalue weighted by molar-refractivity contribution is 7.17. The van der Waals surface area contributed by atoms with E-state index in [1.807, 2.05) is 13.0 Å². The van der Waals surface area contributed by atoms with Crippen LogP contribution in [0.25, 0.3) is 0 Å². The molecule has 0 fully saturated rings. The molecule has 1 aromatic carbocycles. The zero-order valence-electron chi connectivity index (χ0n) is 13.6. The van der Waals surface area contributed by atoms with E-state index in [-0.39, 0.29) is 5.91 Å². The van der Waals surface area contributed by atoms with Gasteiger partial charge in [0.15, 0.2) is 0 Å². The summed E-state index contributed by atoms with van der Waals surface area (Å²) in [6.45, 7) is 2.63. The van der Waals surface area contributed by atoms with Crippen LogP contribution in [0.3, 0.4) is 0 Å². The molecule has 0 bridgehead atoms. The average Bonchev–Trinajstić information content (AvgIpc) is 3.13. The molecular formula is C18H20N2O3S. The van der Waals surface area contributed by atoms with Crippen molar-refractivity contribution in [2.24, 2.45) is 5.73 Å². The van der Waals surface area contributed by atoms with Crippen LogP contribution in [-0.2, 0) is 12.8 Å². The molecule has 0 saturated heterocycles. The molecule has 5 nitrogen and oxygen atoms in total. The predicted molar refractivity (Wildman–Crippen MR) is 95.0 cm³/mol. The van der Waals surface area contributed by atoms with Crippen molar-refractivity contribution in [3.8, 4) is 5.75 Å². The monoisotopic (exact) mass is 344 g/mol. The first-order valence-electron chi connectivity index (χ1n) is 8.08. The van der Waals surface area contributed by atoms with Gasteiger partial charge in [0.05, 0.1) is 12.2 Å². The van der Waals surface area contributed by atoms with E-state index in [0.717, 1.165) is 36.1 Å².